The zero-order valence-corrected chi connectivity index (χ0v) is 13.4. The summed E-state index contributed by atoms with van der Waals surface area (Å²) in [4.78, 5) is 5.29. The van der Waals surface area contributed by atoms with Gasteiger partial charge in [0.1, 0.15) is 0 Å². The van der Waals surface area contributed by atoms with Gasteiger partial charge in [-0.05, 0) is 18.6 Å². The predicted octanol–water partition coefficient (Wildman–Crippen LogP) is 2.36. The Balaban J connectivity index is 0.00000256. The number of rotatable bonds is 4. The summed E-state index contributed by atoms with van der Waals surface area (Å²) in [5.41, 5.74) is 0. The Labute approximate surface area is 128 Å². The van der Waals surface area contributed by atoms with Gasteiger partial charge < -0.3 is 10.6 Å². The molecule has 0 fully saturated rings. The summed E-state index contributed by atoms with van der Waals surface area (Å²) in [6.45, 7) is 1.28. The molecule has 94 valence electrons. The normalized spacial score (nSPS) is 10.3. The first kappa shape index (κ1) is 16.6. The van der Waals surface area contributed by atoms with Crippen molar-refractivity contribution in [1.29, 1.82) is 0 Å². The van der Waals surface area contributed by atoms with Gasteiger partial charge in [0, 0.05) is 18.5 Å². The third-order valence-corrected chi connectivity index (χ3v) is 3.17. The second-order valence-electron chi connectivity index (χ2n) is 3.01. The van der Waals surface area contributed by atoms with Crippen LogP contribution in [0.2, 0.25) is 4.34 Å². The van der Waals surface area contributed by atoms with Gasteiger partial charge in [-0.25, -0.2) is 0 Å². The van der Waals surface area contributed by atoms with Crippen LogP contribution in [0.15, 0.2) is 17.1 Å². The Hall–Kier alpha value is -0.450. The van der Waals surface area contributed by atoms with E-state index in [4.69, 9.17) is 18.0 Å². The van der Waals surface area contributed by atoms with Gasteiger partial charge in [-0.2, -0.15) is 0 Å². The predicted molar refractivity (Wildman–Crippen MR) is 86.6 cm³/mol. The van der Waals surface area contributed by atoms with Gasteiger partial charge in [0.25, 0.3) is 0 Å². The lowest BCUT2D eigenvalue weighted by Gasteiger charge is -2.08. The maximum atomic E-state index is 5.84. The quantitative estimate of drug-likeness (QED) is 0.362. The first-order valence-corrected chi connectivity index (χ1v) is 6.08. The molecule has 3 nitrogen and oxygen atoms in total. The van der Waals surface area contributed by atoms with Crippen LogP contribution in [-0.4, -0.2) is 26.1 Å². The number of hydrogen-bond donors (Lipinski definition) is 2. The highest BCUT2D eigenvalue weighted by atomic mass is 127. The molecule has 2 N–H and O–H groups in total. The van der Waals surface area contributed by atoms with Crippen LogP contribution in [0.4, 0.5) is 0 Å². The van der Waals surface area contributed by atoms with Gasteiger partial charge in [-0.3, -0.25) is 4.99 Å². The van der Waals surface area contributed by atoms with E-state index in [2.05, 4.69) is 21.5 Å². The molecule has 0 saturated heterocycles. The molecular weight excluding hydrogens is 369 g/mol. The van der Waals surface area contributed by atoms with E-state index in [1.54, 1.807) is 18.4 Å². The number of terminal acetylenes is 1. The molecule has 17 heavy (non-hydrogen) atoms. The standard InChI is InChI=1S/C11H14ClN3S.HI/c1-3-7-14-11(13-2)15-8-6-9-4-5-10(12)16-9;/h1,4-5H,6-8H2,2H3,(H2,13,14,15);1H. The summed E-state index contributed by atoms with van der Waals surface area (Å²) in [5, 5.41) is 6.16. The van der Waals surface area contributed by atoms with Gasteiger partial charge in [0.2, 0.25) is 0 Å². The van der Waals surface area contributed by atoms with Crippen molar-refractivity contribution in [3.05, 3.63) is 21.3 Å². The largest absolute Gasteiger partial charge is 0.356 e. The third-order valence-electron chi connectivity index (χ3n) is 1.87. The van der Waals surface area contributed by atoms with Crippen LogP contribution in [0.3, 0.4) is 0 Å². The van der Waals surface area contributed by atoms with E-state index < -0.39 is 0 Å². The zero-order chi connectivity index (χ0) is 11.8. The summed E-state index contributed by atoms with van der Waals surface area (Å²) in [5.74, 6) is 3.22. The van der Waals surface area contributed by atoms with Crippen molar-refractivity contribution in [3.63, 3.8) is 0 Å². The molecule has 1 rings (SSSR count). The first-order chi connectivity index (χ1) is 7.76. The lowest BCUT2D eigenvalue weighted by atomic mass is 10.3. The molecule has 1 aromatic heterocycles. The summed E-state index contributed by atoms with van der Waals surface area (Å²) in [6.07, 6.45) is 6.07. The smallest absolute Gasteiger partial charge is 0.191 e. The number of halogens is 2. The highest BCUT2D eigenvalue weighted by molar-refractivity contribution is 14.0. The zero-order valence-electron chi connectivity index (χ0n) is 9.50. The van der Waals surface area contributed by atoms with Gasteiger partial charge in [-0.15, -0.1) is 41.7 Å². The minimum Gasteiger partial charge on any atom is -0.356 e. The number of aliphatic imine (C=N–C) groups is 1. The molecule has 0 aliphatic rings. The van der Waals surface area contributed by atoms with Crippen LogP contribution in [-0.2, 0) is 6.42 Å². The van der Waals surface area contributed by atoms with Crippen molar-refractivity contribution in [2.45, 2.75) is 6.42 Å². The van der Waals surface area contributed by atoms with Gasteiger partial charge in [0.15, 0.2) is 5.96 Å². The van der Waals surface area contributed by atoms with E-state index >= 15 is 0 Å². The van der Waals surface area contributed by atoms with Crippen LogP contribution in [0.5, 0.6) is 0 Å². The second-order valence-corrected chi connectivity index (χ2v) is 4.81. The van der Waals surface area contributed by atoms with Crippen molar-refractivity contribution in [3.8, 4) is 12.3 Å². The van der Waals surface area contributed by atoms with Crippen LogP contribution in [0.1, 0.15) is 4.88 Å². The molecule has 0 bridgehead atoms. The van der Waals surface area contributed by atoms with E-state index in [1.165, 1.54) is 4.88 Å². The maximum absolute atomic E-state index is 5.84. The van der Waals surface area contributed by atoms with Crippen LogP contribution in [0.25, 0.3) is 0 Å². The average molecular weight is 384 g/mol. The minimum atomic E-state index is 0. The third kappa shape index (κ3) is 6.76. The molecule has 0 atom stereocenters. The lowest BCUT2D eigenvalue weighted by molar-refractivity contribution is 0.832. The molecule has 0 saturated carbocycles. The molecule has 1 heterocycles. The van der Waals surface area contributed by atoms with Crippen molar-refractivity contribution in [2.24, 2.45) is 4.99 Å². The SMILES string of the molecule is C#CCNC(=NC)NCCc1ccc(Cl)s1.I. The van der Waals surface area contributed by atoms with Gasteiger partial charge in [-0.1, -0.05) is 17.5 Å². The van der Waals surface area contributed by atoms with E-state index in [1.807, 2.05) is 12.1 Å². The molecule has 0 aliphatic carbocycles. The first-order valence-electron chi connectivity index (χ1n) is 4.88. The summed E-state index contributed by atoms with van der Waals surface area (Å²) in [7, 11) is 1.72. The average Bonchev–Trinajstić information content (AvgIpc) is 2.69. The second kappa shape index (κ2) is 9.57. The van der Waals surface area contributed by atoms with E-state index in [-0.39, 0.29) is 24.0 Å². The van der Waals surface area contributed by atoms with E-state index in [0.29, 0.717) is 6.54 Å². The summed E-state index contributed by atoms with van der Waals surface area (Å²) >= 11 is 7.44. The highest BCUT2D eigenvalue weighted by Crippen LogP contribution is 2.21. The highest BCUT2D eigenvalue weighted by Gasteiger charge is 1.99. The molecule has 0 radical (unpaired) electrons. The molecule has 0 unspecified atom stereocenters. The number of nitrogens with zero attached hydrogens (tertiary/aromatic N) is 1. The Morgan fingerprint density at radius 1 is 1.53 bits per heavy atom. The monoisotopic (exact) mass is 383 g/mol. The Morgan fingerprint density at radius 3 is 2.82 bits per heavy atom. The van der Waals surface area contributed by atoms with E-state index in [0.717, 1.165) is 23.3 Å². The molecule has 0 amide bonds. The molecule has 0 spiro atoms. The lowest BCUT2D eigenvalue weighted by Crippen LogP contribution is -2.38. The fraction of sp³-hybridized carbons (Fsp3) is 0.364. The van der Waals surface area contributed by atoms with Crippen LogP contribution >= 0.6 is 46.9 Å². The molecule has 6 heteroatoms. The van der Waals surface area contributed by atoms with Crippen molar-refractivity contribution < 1.29 is 0 Å². The fourth-order valence-corrected chi connectivity index (χ4v) is 2.23. The molecule has 0 aromatic carbocycles. The fourth-order valence-electron chi connectivity index (χ4n) is 1.15. The minimum absolute atomic E-state index is 0. The van der Waals surface area contributed by atoms with Gasteiger partial charge >= 0.3 is 0 Å². The summed E-state index contributed by atoms with van der Waals surface area (Å²) in [6, 6.07) is 3.94. The van der Waals surface area contributed by atoms with Crippen molar-refractivity contribution >= 4 is 52.9 Å². The summed E-state index contributed by atoms with van der Waals surface area (Å²) < 4.78 is 0.824. The van der Waals surface area contributed by atoms with Crippen LogP contribution in [0, 0.1) is 12.3 Å². The maximum Gasteiger partial charge on any atom is 0.191 e. The van der Waals surface area contributed by atoms with Crippen LogP contribution < -0.4 is 10.6 Å². The Bertz CT molecular complexity index is 398. The van der Waals surface area contributed by atoms with E-state index in [9.17, 15) is 0 Å². The molecular formula is C11H15ClIN3S. The number of hydrogen-bond acceptors (Lipinski definition) is 2. The number of nitrogens with one attached hydrogen (secondary N) is 2. The number of guanidine groups is 1. The Morgan fingerprint density at radius 2 is 2.29 bits per heavy atom. The Kier molecular flexibility index (Phi) is 9.31. The molecule has 1 aromatic rings. The topological polar surface area (TPSA) is 36.4 Å². The van der Waals surface area contributed by atoms with Gasteiger partial charge in [0.05, 0.1) is 10.9 Å². The van der Waals surface area contributed by atoms with Crippen molar-refractivity contribution in [2.75, 3.05) is 20.1 Å². The number of thiophene rings is 1. The van der Waals surface area contributed by atoms with Crippen molar-refractivity contribution in [1.82, 2.24) is 10.6 Å². The molecule has 0 aliphatic heterocycles.